The molecule has 3 saturated carbocycles. The number of carbonyl (C=O) groups excluding carboxylic acids is 1. The Morgan fingerprint density at radius 2 is 1.69 bits per heavy atom. The highest BCUT2D eigenvalue weighted by Gasteiger charge is 2.59. The Labute approximate surface area is 180 Å². The van der Waals surface area contributed by atoms with Gasteiger partial charge in [0.05, 0.1) is 0 Å². The van der Waals surface area contributed by atoms with Gasteiger partial charge in [0.15, 0.2) is 5.78 Å². The van der Waals surface area contributed by atoms with Crippen LogP contribution in [-0.4, -0.2) is 5.78 Å². The molecule has 0 bridgehead atoms. The predicted molar refractivity (Wildman–Crippen MR) is 123 cm³/mol. The molecule has 0 amide bonds. The van der Waals surface area contributed by atoms with E-state index in [2.05, 4.69) is 41.5 Å². The van der Waals surface area contributed by atoms with Gasteiger partial charge in [-0.25, -0.2) is 0 Å². The number of rotatable bonds is 5. The average Bonchev–Trinajstić information content (AvgIpc) is 3.02. The van der Waals surface area contributed by atoms with Crippen LogP contribution in [0.15, 0.2) is 11.1 Å². The largest absolute Gasteiger partial charge is 0.295 e. The number of hydrogen-bond acceptors (Lipinski definition) is 1. The van der Waals surface area contributed by atoms with E-state index in [1.807, 2.05) is 0 Å². The lowest BCUT2D eigenvalue weighted by Crippen LogP contribution is -2.51. The van der Waals surface area contributed by atoms with Crippen molar-refractivity contribution >= 4 is 5.78 Å². The van der Waals surface area contributed by atoms with Crippen LogP contribution in [0.3, 0.4) is 0 Å². The van der Waals surface area contributed by atoms with E-state index in [0.717, 1.165) is 53.9 Å². The van der Waals surface area contributed by atoms with Crippen molar-refractivity contribution in [2.75, 3.05) is 0 Å². The third-order valence-corrected chi connectivity index (χ3v) is 10.6. The van der Waals surface area contributed by atoms with Gasteiger partial charge in [-0.05, 0) is 104 Å². The van der Waals surface area contributed by atoms with E-state index in [9.17, 15) is 4.79 Å². The van der Waals surface area contributed by atoms with Crippen LogP contribution in [0.25, 0.3) is 0 Å². The fourth-order valence-corrected chi connectivity index (χ4v) is 9.01. The van der Waals surface area contributed by atoms with E-state index in [1.165, 1.54) is 57.8 Å². The Balaban J connectivity index is 1.52. The highest BCUT2D eigenvalue weighted by molar-refractivity contribution is 5.96. The minimum Gasteiger partial charge on any atom is -0.295 e. The normalized spacial score (nSPS) is 43.2. The highest BCUT2D eigenvalue weighted by atomic mass is 16.1. The average molecular weight is 399 g/mol. The number of hydrogen-bond donors (Lipinski definition) is 0. The first-order valence-electron chi connectivity index (χ1n) is 12.9. The summed E-state index contributed by atoms with van der Waals surface area (Å²) in [4.78, 5) is 12.4. The number of fused-ring (bicyclic) bond motifs is 5. The summed E-state index contributed by atoms with van der Waals surface area (Å²) in [6, 6.07) is 0. The molecule has 0 radical (unpaired) electrons. The topological polar surface area (TPSA) is 17.1 Å². The summed E-state index contributed by atoms with van der Waals surface area (Å²) in [6.07, 6.45) is 14.5. The van der Waals surface area contributed by atoms with Crippen LogP contribution >= 0.6 is 0 Å². The molecule has 1 heteroatoms. The van der Waals surface area contributed by atoms with Gasteiger partial charge in [-0.3, -0.25) is 4.79 Å². The fraction of sp³-hybridized carbons (Fsp3) is 0.893. The Kier molecular flexibility index (Phi) is 5.84. The number of ketones is 1. The van der Waals surface area contributed by atoms with Gasteiger partial charge in [0.25, 0.3) is 0 Å². The molecule has 0 aromatic heterocycles. The van der Waals surface area contributed by atoms with Gasteiger partial charge in [0.2, 0.25) is 0 Å². The molecule has 4 aliphatic carbocycles. The SMILES string of the molecule is CC1=C2CCC3C(CCC4(C)C(C(C)CCCC(C)C)CCC34)C2(C)CCC1=O. The summed E-state index contributed by atoms with van der Waals surface area (Å²) in [7, 11) is 0. The van der Waals surface area contributed by atoms with E-state index in [0.29, 0.717) is 16.6 Å². The number of carbonyl (C=O) groups is 1. The minimum atomic E-state index is 0.323. The van der Waals surface area contributed by atoms with Gasteiger partial charge >= 0.3 is 0 Å². The van der Waals surface area contributed by atoms with Crippen molar-refractivity contribution < 1.29 is 4.79 Å². The summed E-state index contributed by atoms with van der Waals surface area (Å²) < 4.78 is 0. The molecule has 0 aromatic carbocycles. The molecule has 164 valence electrons. The smallest absolute Gasteiger partial charge is 0.158 e. The molecule has 29 heavy (non-hydrogen) atoms. The van der Waals surface area contributed by atoms with Crippen LogP contribution in [0.4, 0.5) is 0 Å². The molecule has 0 N–H and O–H groups in total. The van der Waals surface area contributed by atoms with Crippen molar-refractivity contribution in [2.45, 2.75) is 112 Å². The third kappa shape index (κ3) is 3.47. The van der Waals surface area contributed by atoms with Crippen molar-refractivity contribution in [2.24, 2.45) is 46.3 Å². The Morgan fingerprint density at radius 3 is 2.41 bits per heavy atom. The zero-order chi connectivity index (χ0) is 21.0. The Morgan fingerprint density at radius 1 is 0.931 bits per heavy atom. The lowest BCUT2D eigenvalue weighted by atomic mass is 9.46. The molecule has 1 nitrogen and oxygen atoms in total. The molecule has 4 aliphatic rings. The van der Waals surface area contributed by atoms with Crippen LogP contribution in [0, 0.1) is 46.3 Å². The molecule has 0 aliphatic heterocycles. The van der Waals surface area contributed by atoms with Gasteiger partial charge in [0, 0.05) is 6.42 Å². The fourth-order valence-electron chi connectivity index (χ4n) is 9.01. The van der Waals surface area contributed by atoms with E-state index in [-0.39, 0.29) is 0 Å². The van der Waals surface area contributed by atoms with Crippen molar-refractivity contribution in [3.63, 3.8) is 0 Å². The summed E-state index contributed by atoms with van der Waals surface area (Å²) in [5, 5.41) is 0. The lowest BCUT2D eigenvalue weighted by Gasteiger charge is -2.59. The van der Waals surface area contributed by atoms with E-state index >= 15 is 0 Å². The zero-order valence-corrected chi connectivity index (χ0v) is 20.2. The molecule has 7 atom stereocenters. The van der Waals surface area contributed by atoms with E-state index < -0.39 is 0 Å². The molecular formula is C28H46O. The summed E-state index contributed by atoms with van der Waals surface area (Å²) in [6.45, 7) is 14.7. The Hall–Kier alpha value is -0.590. The highest BCUT2D eigenvalue weighted by Crippen LogP contribution is 2.68. The molecule has 3 fully saturated rings. The summed E-state index contributed by atoms with van der Waals surface area (Å²) in [5.41, 5.74) is 3.61. The maximum absolute atomic E-state index is 12.4. The van der Waals surface area contributed by atoms with Crippen molar-refractivity contribution in [1.82, 2.24) is 0 Å². The standard InChI is InChI=1S/C28H46O/c1-18(2)8-7-9-19(3)22-12-13-24-21-10-11-23-20(4)26(29)15-17-28(23,6)25(21)14-16-27(22,24)5/h18-19,21-22,24-25H,7-17H2,1-6H3. The predicted octanol–water partition coefficient (Wildman–Crippen LogP) is 7.99. The maximum Gasteiger partial charge on any atom is 0.158 e. The molecule has 4 rings (SSSR count). The van der Waals surface area contributed by atoms with E-state index in [4.69, 9.17) is 0 Å². The van der Waals surface area contributed by atoms with Gasteiger partial charge in [-0.1, -0.05) is 59.5 Å². The third-order valence-electron chi connectivity index (χ3n) is 10.6. The number of Topliss-reactive ketones (excluding diaryl/α,β-unsaturated/α-hetero) is 1. The minimum absolute atomic E-state index is 0.323. The molecular weight excluding hydrogens is 352 g/mol. The van der Waals surface area contributed by atoms with Gasteiger partial charge < -0.3 is 0 Å². The molecule has 0 saturated heterocycles. The summed E-state index contributed by atoms with van der Waals surface area (Å²) >= 11 is 0. The molecule has 7 unspecified atom stereocenters. The van der Waals surface area contributed by atoms with Crippen molar-refractivity contribution in [3.05, 3.63) is 11.1 Å². The summed E-state index contributed by atoms with van der Waals surface area (Å²) in [5.74, 6) is 5.81. The van der Waals surface area contributed by atoms with E-state index in [1.54, 1.807) is 5.57 Å². The maximum atomic E-state index is 12.4. The molecule has 0 spiro atoms. The zero-order valence-electron chi connectivity index (χ0n) is 20.2. The van der Waals surface area contributed by atoms with Crippen LogP contribution < -0.4 is 0 Å². The lowest BCUT2D eigenvalue weighted by molar-refractivity contribution is -0.118. The first kappa shape index (κ1) is 21.6. The molecule has 0 heterocycles. The number of allylic oxidation sites excluding steroid dienone is 1. The second-order valence-corrected chi connectivity index (χ2v) is 12.4. The second-order valence-electron chi connectivity index (χ2n) is 12.4. The van der Waals surface area contributed by atoms with Crippen molar-refractivity contribution in [1.29, 1.82) is 0 Å². The van der Waals surface area contributed by atoms with Gasteiger partial charge in [-0.15, -0.1) is 0 Å². The van der Waals surface area contributed by atoms with Crippen LogP contribution in [0.2, 0.25) is 0 Å². The second kappa shape index (κ2) is 7.83. The van der Waals surface area contributed by atoms with Crippen molar-refractivity contribution in [3.8, 4) is 0 Å². The first-order valence-corrected chi connectivity index (χ1v) is 12.9. The molecule has 0 aromatic rings. The van der Waals surface area contributed by atoms with Gasteiger partial charge in [0.1, 0.15) is 0 Å². The quantitative estimate of drug-likeness (QED) is 0.458. The van der Waals surface area contributed by atoms with Crippen LogP contribution in [0.1, 0.15) is 112 Å². The Bertz CT molecular complexity index is 672. The monoisotopic (exact) mass is 398 g/mol. The van der Waals surface area contributed by atoms with Gasteiger partial charge in [-0.2, -0.15) is 0 Å². The first-order chi connectivity index (χ1) is 13.7. The van der Waals surface area contributed by atoms with Crippen LogP contribution in [0.5, 0.6) is 0 Å². The van der Waals surface area contributed by atoms with Crippen LogP contribution in [-0.2, 0) is 4.79 Å².